The van der Waals surface area contributed by atoms with E-state index in [9.17, 15) is 14.0 Å². The molecule has 0 atom stereocenters. The number of carbonyl (C=O) groups is 2. The number of hydrogen-bond donors (Lipinski definition) is 3. The molecule has 0 aromatic heterocycles. The molecule has 1 fully saturated rings. The van der Waals surface area contributed by atoms with E-state index in [1.165, 1.54) is 24.3 Å². The van der Waals surface area contributed by atoms with Crippen LogP contribution in [0.5, 0.6) is 0 Å². The molecule has 0 saturated heterocycles. The van der Waals surface area contributed by atoms with Crippen LogP contribution in [0.4, 0.5) is 14.9 Å². The topological polar surface area (TPSA) is 70.2 Å². The normalized spacial score (nSPS) is 13.8. The molecule has 6 heteroatoms. The molecule has 0 heterocycles. The Morgan fingerprint density at radius 2 is 1.89 bits per heavy atom. The van der Waals surface area contributed by atoms with Gasteiger partial charge in [-0.1, -0.05) is 0 Å². The van der Waals surface area contributed by atoms with Crippen molar-refractivity contribution in [2.75, 3.05) is 11.9 Å². The van der Waals surface area contributed by atoms with Gasteiger partial charge in [0.1, 0.15) is 5.82 Å². The van der Waals surface area contributed by atoms with Gasteiger partial charge < -0.3 is 16.0 Å². The largest absolute Gasteiger partial charge is 0.352 e. The van der Waals surface area contributed by atoms with Crippen LogP contribution in [0.2, 0.25) is 0 Å². The first-order valence-corrected chi connectivity index (χ1v) is 5.73. The number of amides is 3. The predicted molar refractivity (Wildman–Crippen MR) is 64.6 cm³/mol. The van der Waals surface area contributed by atoms with Gasteiger partial charge in [0.05, 0.1) is 6.54 Å². The molecule has 5 nitrogen and oxygen atoms in total. The van der Waals surface area contributed by atoms with Crippen LogP contribution in [0.15, 0.2) is 24.3 Å². The van der Waals surface area contributed by atoms with E-state index in [4.69, 9.17) is 0 Å². The molecular weight excluding hydrogens is 237 g/mol. The molecule has 3 N–H and O–H groups in total. The van der Waals surface area contributed by atoms with E-state index in [1.807, 2.05) is 0 Å². The standard InChI is InChI=1S/C12H14FN3O2/c13-8-1-3-10(4-2-8)16-12(18)14-7-11(17)15-9-5-6-9/h1-4,9H,5-7H2,(H,15,17)(H2,14,16,18). The van der Waals surface area contributed by atoms with Gasteiger partial charge in [0, 0.05) is 11.7 Å². The van der Waals surface area contributed by atoms with E-state index in [-0.39, 0.29) is 24.3 Å². The fourth-order valence-corrected chi connectivity index (χ4v) is 1.38. The highest BCUT2D eigenvalue weighted by atomic mass is 19.1. The summed E-state index contributed by atoms with van der Waals surface area (Å²) >= 11 is 0. The van der Waals surface area contributed by atoms with Crippen LogP contribution in [0.25, 0.3) is 0 Å². The van der Waals surface area contributed by atoms with Gasteiger partial charge in [0.15, 0.2) is 0 Å². The fourth-order valence-electron chi connectivity index (χ4n) is 1.38. The van der Waals surface area contributed by atoms with Gasteiger partial charge in [-0.05, 0) is 37.1 Å². The summed E-state index contributed by atoms with van der Waals surface area (Å²) in [6.07, 6.45) is 2.01. The molecule has 0 aliphatic heterocycles. The lowest BCUT2D eigenvalue weighted by Gasteiger charge is -2.07. The highest BCUT2D eigenvalue weighted by molar-refractivity contribution is 5.92. The number of rotatable bonds is 4. The number of nitrogens with one attached hydrogen (secondary N) is 3. The van der Waals surface area contributed by atoms with E-state index in [0.717, 1.165) is 12.8 Å². The van der Waals surface area contributed by atoms with Gasteiger partial charge in [-0.25, -0.2) is 9.18 Å². The molecular formula is C12H14FN3O2. The minimum atomic E-state index is -0.493. The maximum Gasteiger partial charge on any atom is 0.319 e. The molecule has 1 aromatic rings. The summed E-state index contributed by atoms with van der Waals surface area (Å²) in [6.45, 7) is -0.0659. The molecule has 1 aliphatic carbocycles. The molecule has 0 spiro atoms. The van der Waals surface area contributed by atoms with Crippen LogP contribution in [-0.4, -0.2) is 24.5 Å². The summed E-state index contributed by atoms with van der Waals surface area (Å²) in [7, 11) is 0. The fraction of sp³-hybridized carbons (Fsp3) is 0.333. The van der Waals surface area contributed by atoms with E-state index in [0.29, 0.717) is 5.69 Å². The third-order valence-corrected chi connectivity index (χ3v) is 2.45. The highest BCUT2D eigenvalue weighted by Gasteiger charge is 2.23. The van der Waals surface area contributed by atoms with E-state index in [2.05, 4.69) is 16.0 Å². The summed E-state index contributed by atoms with van der Waals surface area (Å²) in [5.74, 6) is -0.573. The Morgan fingerprint density at radius 1 is 1.22 bits per heavy atom. The third-order valence-electron chi connectivity index (χ3n) is 2.45. The van der Waals surface area contributed by atoms with Crippen LogP contribution in [0, 0.1) is 5.82 Å². The van der Waals surface area contributed by atoms with Crippen LogP contribution >= 0.6 is 0 Å². The van der Waals surface area contributed by atoms with Gasteiger partial charge in [0.25, 0.3) is 0 Å². The number of carbonyl (C=O) groups excluding carboxylic acids is 2. The number of halogens is 1. The third kappa shape index (κ3) is 4.04. The van der Waals surface area contributed by atoms with E-state index >= 15 is 0 Å². The van der Waals surface area contributed by atoms with Crippen LogP contribution in [0.3, 0.4) is 0 Å². The molecule has 2 rings (SSSR count). The summed E-state index contributed by atoms with van der Waals surface area (Å²) in [5.41, 5.74) is 0.469. The van der Waals surface area contributed by atoms with Gasteiger partial charge in [-0.15, -0.1) is 0 Å². The Bertz CT molecular complexity index is 443. The Hall–Kier alpha value is -2.11. The van der Waals surface area contributed by atoms with Crippen molar-refractivity contribution in [3.8, 4) is 0 Å². The second-order valence-corrected chi connectivity index (χ2v) is 4.16. The summed E-state index contributed by atoms with van der Waals surface area (Å²) < 4.78 is 12.6. The molecule has 96 valence electrons. The molecule has 1 aliphatic rings. The quantitative estimate of drug-likeness (QED) is 0.753. The minimum Gasteiger partial charge on any atom is -0.352 e. The van der Waals surface area contributed by atoms with Crippen molar-refractivity contribution in [2.24, 2.45) is 0 Å². The Labute approximate surface area is 104 Å². The second-order valence-electron chi connectivity index (χ2n) is 4.16. The average molecular weight is 251 g/mol. The van der Waals surface area contributed by atoms with Crippen LogP contribution in [0.1, 0.15) is 12.8 Å². The first-order valence-electron chi connectivity index (χ1n) is 5.73. The van der Waals surface area contributed by atoms with Gasteiger partial charge >= 0.3 is 6.03 Å². The summed E-state index contributed by atoms with van der Waals surface area (Å²) in [4.78, 5) is 22.7. The Morgan fingerprint density at radius 3 is 2.50 bits per heavy atom. The lowest BCUT2D eigenvalue weighted by atomic mass is 10.3. The number of anilines is 1. The monoisotopic (exact) mass is 251 g/mol. The van der Waals surface area contributed by atoms with Crippen molar-refractivity contribution in [2.45, 2.75) is 18.9 Å². The molecule has 1 aromatic carbocycles. The lowest BCUT2D eigenvalue weighted by molar-refractivity contribution is -0.120. The van der Waals surface area contributed by atoms with Crippen molar-refractivity contribution >= 4 is 17.6 Å². The Balaban J connectivity index is 1.70. The number of hydrogen-bond acceptors (Lipinski definition) is 2. The smallest absolute Gasteiger partial charge is 0.319 e. The zero-order valence-corrected chi connectivity index (χ0v) is 9.70. The van der Waals surface area contributed by atoms with Crippen molar-refractivity contribution in [1.82, 2.24) is 10.6 Å². The first-order chi connectivity index (χ1) is 8.63. The predicted octanol–water partition coefficient (Wildman–Crippen LogP) is 1.23. The lowest BCUT2D eigenvalue weighted by Crippen LogP contribution is -2.39. The van der Waals surface area contributed by atoms with Crippen molar-refractivity contribution in [3.63, 3.8) is 0 Å². The number of benzene rings is 1. The molecule has 3 amide bonds. The molecule has 0 radical (unpaired) electrons. The summed E-state index contributed by atoms with van der Waals surface area (Å²) in [5, 5.41) is 7.67. The SMILES string of the molecule is O=C(CNC(=O)Nc1ccc(F)cc1)NC1CC1. The van der Waals surface area contributed by atoms with Gasteiger partial charge in [0.2, 0.25) is 5.91 Å². The first kappa shape index (κ1) is 12.3. The van der Waals surface area contributed by atoms with Crippen molar-refractivity contribution in [1.29, 1.82) is 0 Å². The average Bonchev–Trinajstić information content (AvgIpc) is 3.13. The highest BCUT2D eigenvalue weighted by Crippen LogP contribution is 2.18. The molecule has 1 saturated carbocycles. The van der Waals surface area contributed by atoms with Gasteiger partial charge in [-0.2, -0.15) is 0 Å². The molecule has 0 bridgehead atoms. The van der Waals surface area contributed by atoms with Crippen LogP contribution < -0.4 is 16.0 Å². The second kappa shape index (κ2) is 5.48. The van der Waals surface area contributed by atoms with Crippen molar-refractivity contribution < 1.29 is 14.0 Å². The molecule has 18 heavy (non-hydrogen) atoms. The van der Waals surface area contributed by atoms with E-state index < -0.39 is 6.03 Å². The Kier molecular flexibility index (Phi) is 3.76. The minimum absolute atomic E-state index is 0.0659. The number of urea groups is 1. The zero-order valence-electron chi connectivity index (χ0n) is 9.70. The van der Waals surface area contributed by atoms with Crippen molar-refractivity contribution in [3.05, 3.63) is 30.1 Å². The van der Waals surface area contributed by atoms with Crippen LogP contribution in [-0.2, 0) is 4.79 Å². The maximum atomic E-state index is 12.6. The zero-order chi connectivity index (χ0) is 13.0. The molecule has 0 unspecified atom stereocenters. The van der Waals surface area contributed by atoms with E-state index in [1.54, 1.807) is 0 Å². The van der Waals surface area contributed by atoms with Gasteiger partial charge in [-0.3, -0.25) is 4.79 Å². The maximum absolute atomic E-state index is 12.6. The summed E-state index contributed by atoms with van der Waals surface area (Å²) in [6, 6.07) is 5.16.